The highest BCUT2D eigenvalue weighted by Crippen LogP contribution is 2.24. The lowest BCUT2D eigenvalue weighted by Gasteiger charge is -2.16. The number of anilines is 1. The Labute approximate surface area is 180 Å². The zero-order valence-corrected chi connectivity index (χ0v) is 17.9. The summed E-state index contributed by atoms with van der Waals surface area (Å²) in [4.78, 5) is 32.5. The number of hydrogen-bond donors (Lipinski definition) is 3. The highest BCUT2D eigenvalue weighted by molar-refractivity contribution is 6.05. The van der Waals surface area contributed by atoms with Gasteiger partial charge in [-0.15, -0.1) is 0 Å². The molecule has 8 nitrogen and oxygen atoms in total. The van der Waals surface area contributed by atoms with Gasteiger partial charge in [-0.05, 0) is 42.5 Å². The van der Waals surface area contributed by atoms with Gasteiger partial charge in [0.1, 0.15) is 12.4 Å². The molecule has 31 heavy (non-hydrogen) atoms. The number of aromatic amines is 1. The van der Waals surface area contributed by atoms with E-state index in [-0.39, 0.29) is 24.9 Å². The molecule has 0 saturated carbocycles. The van der Waals surface area contributed by atoms with Crippen LogP contribution in [0.1, 0.15) is 41.5 Å². The molecule has 0 saturated heterocycles. The second-order valence-corrected chi connectivity index (χ2v) is 8.06. The van der Waals surface area contributed by atoms with Crippen molar-refractivity contribution in [3.63, 3.8) is 0 Å². The Hall–Kier alpha value is -3.23. The number of hydrogen-bond acceptors (Lipinski definition) is 6. The number of amides is 1. The molecular formula is C23H27N3O5. The van der Waals surface area contributed by atoms with Crippen LogP contribution in [0.4, 0.5) is 5.95 Å². The number of ketones is 1. The third-order valence-electron chi connectivity index (χ3n) is 4.51. The molecule has 0 spiro atoms. The van der Waals surface area contributed by atoms with E-state index in [0.29, 0.717) is 41.6 Å². The van der Waals surface area contributed by atoms with Gasteiger partial charge in [-0.25, -0.2) is 4.98 Å². The van der Waals surface area contributed by atoms with Crippen molar-refractivity contribution in [3.05, 3.63) is 53.6 Å². The number of H-pyrrole nitrogens is 1. The molecule has 0 radical (unpaired) electrons. The predicted molar refractivity (Wildman–Crippen MR) is 118 cm³/mol. The Morgan fingerprint density at radius 3 is 2.42 bits per heavy atom. The van der Waals surface area contributed by atoms with Gasteiger partial charge in [0.25, 0.3) is 5.91 Å². The predicted octanol–water partition coefficient (Wildman–Crippen LogP) is 3.43. The van der Waals surface area contributed by atoms with Crippen molar-refractivity contribution >= 4 is 28.7 Å². The van der Waals surface area contributed by atoms with E-state index < -0.39 is 5.41 Å². The van der Waals surface area contributed by atoms with Gasteiger partial charge in [-0.3, -0.25) is 14.9 Å². The molecule has 3 aromatic rings. The van der Waals surface area contributed by atoms with Crippen molar-refractivity contribution < 1.29 is 24.2 Å². The number of Topliss-reactive ketones (excluding diaryl/α,β-unsaturated/α-hetero) is 1. The fraction of sp³-hybridized carbons (Fsp3) is 0.348. The number of rotatable bonds is 9. The van der Waals surface area contributed by atoms with Crippen LogP contribution in [0.15, 0.2) is 42.5 Å². The van der Waals surface area contributed by atoms with Gasteiger partial charge >= 0.3 is 0 Å². The molecule has 0 fully saturated rings. The first-order valence-electron chi connectivity index (χ1n) is 10.1. The normalized spacial score (nSPS) is 11.5. The van der Waals surface area contributed by atoms with Crippen molar-refractivity contribution in [2.45, 2.75) is 20.8 Å². The van der Waals surface area contributed by atoms with Crippen LogP contribution in [0.3, 0.4) is 0 Å². The summed E-state index contributed by atoms with van der Waals surface area (Å²) in [5, 5.41) is 11.4. The van der Waals surface area contributed by atoms with E-state index in [2.05, 4.69) is 15.3 Å². The molecule has 1 aromatic heterocycles. The molecule has 0 unspecified atom stereocenters. The number of aliphatic hydroxyl groups excluding tert-OH is 1. The van der Waals surface area contributed by atoms with Crippen molar-refractivity contribution in [2.75, 3.05) is 31.7 Å². The molecule has 0 aliphatic heterocycles. The average molecular weight is 425 g/mol. The van der Waals surface area contributed by atoms with Crippen LogP contribution in [0, 0.1) is 5.41 Å². The Kier molecular flexibility index (Phi) is 7.04. The van der Waals surface area contributed by atoms with E-state index >= 15 is 0 Å². The van der Waals surface area contributed by atoms with Crippen LogP contribution < -0.4 is 10.1 Å². The summed E-state index contributed by atoms with van der Waals surface area (Å²) in [7, 11) is 0. The molecule has 164 valence electrons. The maximum Gasteiger partial charge on any atom is 0.257 e. The van der Waals surface area contributed by atoms with Gasteiger partial charge in [-0.1, -0.05) is 20.8 Å². The number of nitrogens with zero attached hydrogens (tertiary/aromatic N) is 1. The molecule has 0 aliphatic rings. The summed E-state index contributed by atoms with van der Waals surface area (Å²) < 4.78 is 10.6. The van der Waals surface area contributed by atoms with Gasteiger partial charge in [0.15, 0.2) is 5.78 Å². The van der Waals surface area contributed by atoms with Crippen LogP contribution in [0.2, 0.25) is 0 Å². The Balaban J connectivity index is 1.62. The number of aromatic nitrogens is 2. The molecule has 0 aliphatic carbocycles. The molecule has 1 heterocycles. The first-order valence-corrected chi connectivity index (χ1v) is 10.1. The minimum Gasteiger partial charge on any atom is -0.491 e. The van der Waals surface area contributed by atoms with Crippen LogP contribution in [-0.4, -0.2) is 53.2 Å². The van der Waals surface area contributed by atoms with E-state index in [1.165, 1.54) is 0 Å². The summed E-state index contributed by atoms with van der Waals surface area (Å²) in [6, 6.07) is 12.0. The van der Waals surface area contributed by atoms with Crippen LogP contribution >= 0.6 is 0 Å². The quantitative estimate of drug-likeness (QED) is 0.358. The van der Waals surface area contributed by atoms with E-state index in [4.69, 9.17) is 14.6 Å². The molecule has 0 atom stereocenters. The van der Waals surface area contributed by atoms with Gasteiger partial charge < -0.3 is 19.6 Å². The van der Waals surface area contributed by atoms with Gasteiger partial charge in [-0.2, -0.15) is 0 Å². The number of benzene rings is 2. The third-order valence-corrected chi connectivity index (χ3v) is 4.51. The van der Waals surface area contributed by atoms with Gasteiger partial charge in [0.05, 0.1) is 30.9 Å². The molecule has 0 bridgehead atoms. The van der Waals surface area contributed by atoms with E-state index in [1.54, 1.807) is 42.5 Å². The summed E-state index contributed by atoms with van der Waals surface area (Å²) in [6.07, 6.45) is 0. The zero-order valence-electron chi connectivity index (χ0n) is 17.9. The van der Waals surface area contributed by atoms with E-state index in [1.807, 2.05) is 20.8 Å². The molecule has 3 N–H and O–H groups in total. The highest BCUT2D eigenvalue weighted by Gasteiger charge is 2.23. The molecule has 8 heteroatoms. The van der Waals surface area contributed by atoms with Crippen molar-refractivity contribution in [2.24, 2.45) is 5.41 Å². The Morgan fingerprint density at radius 2 is 1.74 bits per heavy atom. The smallest absolute Gasteiger partial charge is 0.257 e. The lowest BCUT2D eigenvalue weighted by molar-refractivity contribution is 0.0705. The van der Waals surface area contributed by atoms with Crippen LogP contribution in [0.25, 0.3) is 11.0 Å². The van der Waals surface area contributed by atoms with Crippen LogP contribution in [0.5, 0.6) is 5.75 Å². The highest BCUT2D eigenvalue weighted by atomic mass is 16.5. The number of nitrogens with one attached hydrogen (secondary N) is 2. The zero-order chi connectivity index (χ0) is 22.4. The number of carbonyl (C=O) groups excluding carboxylic acids is 2. The number of imidazole rings is 1. The summed E-state index contributed by atoms with van der Waals surface area (Å²) >= 11 is 0. The van der Waals surface area contributed by atoms with Crippen molar-refractivity contribution in [1.82, 2.24) is 9.97 Å². The molecular weight excluding hydrogens is 398 g/mol. The van der Waals surface area contributed by atoms with Crippen LogP contribution in [-0.2, 0) is 4.74 Å². The number of aliphatic hydroxyl groups is 1. The average Bonchev–Trinajstić information content (AvgIpc) is 3.14. The summed E-state index contributed by atoms with van der Waals surface area (Å²) in [5.41, 5.74) is 1.89. The monoisotopic (exact) mass is 425 g/mol. The second-order valence-electron chi connectivity index (χ2n) is 8.06. The Bertz CT molecular complexity index is 1050. The molecule has 1 amide bonds. The second kappa shape index (κ2) is 9.72. The van der Waals surface area contributed by atoms with Crippen molar-refractivity contribution in [1.29, 1.82) is 0 Å². The minimum absolute atomic E-state index is 0.0226. The first-order chi connectivity index (χ1) is 14.8. The lowest BCUT2D eigenvalue weighted by Crippen LogP contribution is -2.19. The van der Waals surface area contributed by atoms with Gasteiger partial charge in [0, 0.05) is 16.5 Å². The lowest BCUT2D eigenvalue weighted by atomic mass is 9.86. The third kappa shape index (κ3) is 5.90. The first kappa shape index (κ1) is 22.5. The summed E-state index contributed by atoms with van der Waals surface area (Å²) in [5.74, 6) is 0.638. The van der Waals surface area contributed by atoms with E-state index in [0.717, 1.165) is 5.52 Å². The van der Waals surface area contributed by atoms with Gasteiger partial charge in [0.2, 0.25) is 5.95 Å². The minimum atomic E-state index is -0.483. The fourth-order valence-electron chi connectivity index (χ4n) is 2.91. The van der Waals surface area contributed by atoms with Crippen molar-refractivity contribution in [3.8, 4) is 5.75 Å². The molecule has 3 rings (SSSR count). The number of ether oxygens (including phenoxy) is 2. The fourth-order valence-corrected chi connectivity index (χ4v) is 2.91. The number of carbonyl (C=O) groups is 2. The topological polar surface area (TPSA) is 114 Å². The maximum atomic E-state index is 12.5. The standard InChI is InChI=1S/C23H27N3O5/c1-23(2,3)20(28)16-6-9-18-19(14-16)25-22(24-18)26-21(29)15-4-7-17(8-5-15)31-13-12-30-11-10-27/h4-9,14,27H,10-13H2,1-3H3,(H2,24,25,26,29). The molecule has 2 aromatic carbocycles. The SMILES string of the molecule is CC(C)(C)C(=O)c1ccc2[nH]c(NC(=O)c3ccc(OCCOCCO)cc3)nc2c1. The Morgan fingerprint density at radius 1 is 1.03 bits per heavy atom. The maximum absolute atomic E-state index is 12.5. The summed E-state index contributed by atoms with van der Waals surface area (Å²) in [6.45, 7) is 6.59. The largest absolute Gasteiger partial charge is 0.491 e. The van der Waals surface area contributed by atoms with E-state index in [9.17, 15) is 9.59 Å². The number of fused-ring (bicyclic) bond motifs is 1.